The third-order valence-corrected chi connectivity index (χ3v) is 4.92. The molecule has 1 N–H and O–H groups in total. The predicted molar refractivity (Wildman–Crippen MR) is 87.9 cm³/mol. The Morgan fingerprint density at radius 3 is 2.86 bits per heavy atom. The fourth-order valence-corrected chi connectivity index (χ4v) is 3.80. The van der Waals surface area contributed by atoms with Crippen molar-refractivity contribution in [2.75, 3.05) is 7.11 Å². The number of aryl methyl sites for hydroxylation is 1. The highest BCUT2D eigenvalue weighted by Crippen LogP contribution is 2.36. The third-order valence-electron chi connectivity index (χ3n) is 4.30. The number of rotatable bonds is 4. The molecule has 0 saturated heterocycles. The first-order chi connectivity index (χ1) is 10.2. The van der Waals surface area contributed by atoms with E-state index >= 15 is 0 Å². The molecule has 0 fully saturated rings. The zero-order valence-corrected chi connectivity index (χ0v) is 13.6. The second-order valence-electron chi connectivity index (χ2n) is 5.58. The van der Waals surface area contributed by atoms with Gasteiger partial charge >= 0.3 is 0 Å². The van der Waals surface area contributed by atoms with Gasteiger partial charge in [-0.3, -0.25) is 0 Å². The second-order valence-corrected chi connectivity index (χ2v) is 6.44. The van der Waals surface area contributed by atoms with Crippen LogP contribution in [0.3, 0.4) is 0 Å². The van der Waals surface area contributed by atoms with Crippen LogP contribution in [0.5, 0.6) is 5.75 Å². The predicted octanol–water partition coefficient (Wildman–Crippen LogP) is 4.09. The Morgan fingerprint density at radius 1 is 1.29 bits per heavy atom. The fourth-order valence-electron chi connectivity index (χ4n) is 3.21. The van der Waals surface area contributed by atoms with Crippen molar-refractivity contribution in [1.82, 2.24) is 0 Å². The van der Waals surface area contributed by atoms with Crippen LogP contribution in [0.25, 0.3) is 0 Å². The SMILES string of the molecule is COc1ccc(CC(O)C2CCc3ccccc32)cc1Br. The molecule has 0 saturated carbocycles. The van der Waals surface area contributed by atoms with Gasteiger partial charge < -0.3 is 9.84 Å². The highest BCUT2D eigenvalue weighted by molar-refractivity contribution is 9.10. The van der Waals surface area contributed by atoms with Gasteiger partial charge in [-0.15, -0.1) is 0 Å². The van der Waals surface area contributed by atoms with Crippen LogP contribution in [0, 0.1) is 0 Å². The van der Waals surface area contributed by atoms with Gasteiger partial charge in [-0.05, 0) is 64.0 Å². The molecule has 0 spiro atoms. The van der Waals surface area contributed by atoms with Crippen molar-refractivity contribution in [3.63, 3.8) is 0 Å². The van der Waals surface area contributed by atoms with Crippen molar-refractivity contribution in [3.05, 3.63) is 63.6 Å². The quantitative estimate of drug-likeness (QED) is 0.903. The lowest BCUT2D eigenvalue weighted by Crippen LogP contribution is -2.19. The Balaban J connectivity index is 1.75. The van der Waals surface area contributed by atoms with E-state index in [1.165, 1.54) is 11.1 Å². The number of halogens is 1. The van der Waals surface area contributed by atoms with Crippen molar-refractivity contribution in [2.45, 2.75) is 31.3 Å². The summed E-state index contributed by atoms with van der Waals surface area (Å²) in [6.07, 6.45) is 2.44. The van der Waals surface area contributed by atoms with Crippen LogP contribution in [-0.4, -0.2) is 18.3 Å². The van der Waals surface area contributed by atoms with Gasteiger partial charge in [0.1, 0.15) is 5.75 Å². The number of fused-ring (bicyclic) bond motifs is 1. The van der Waals surface area contributed by atoms with Crippen molar-refractivity contribution < 1.29 is 9.84 Å². The molecule has 2 atom stereocenters. The largest absolute Gasteiger partial charge is 0.496 e. The summed E-state index contributed by atoms with van der Waals surface area (Å²) in [5.74, 6) is 1.07. The van der Waals surface area contributed by atoms with Crippen molar-refractivity contribution in [1.29, 1.82) is 0 Å². The minimum atomic E-state index is -0.339. The minimum absolute atomic E-state index is 0.252. The number of ether oxygens (including phenoxy) is 1. The third kappa shape index (κ3) is 2.99. The topological polar surface area (TPSA) is 29.5 Å². The van der Waals surface area contributed by atoms with Crippen LogP contribution in [0.1, 0.15) is 29.0 Å². The zero-order chi connectivity index (χ0) is 14.8. The number of benzene rings is 2. The van der Waals surface area contributed by atoms with Crippen molar-refractivity contribution in [2.24, 2.45) is 0 Å². The Labute approximate surface area is 133 Å². The van der Waals surface area contributed by atoms with E-state index in [-0.39, 0.29) is 12.0 Å². The summed E-state index contributed by atoms with van der Waals surface area (Å²) in [7, 11) is 1.66. The van der Waals surface area contributed by atoms with E-state index in [2.05, 4.69) is 40.2 Å². The molecule has 2 unspecified atom stereocenters. The van der Waals surface area contributed by atoms with Crippen LogP contribution < -0.4 is 4.74 Å². The Hall–Kier alpha value is -1.32. The van der Waals surface area contributed by atoms with Gasteiger partial charge in [0, 0.05) is 5.92 Å². The molecule has 2 aromatic carbocycles. The van der Waals surface area contributed by atoms with Gasteiger partial charge in [-0.2, -0.15) is 0 Å². The number of methoxy groups -OCH3 is 1. The van der Waals surface area contributed by atoms with Gasteiger partial charge in [0.05, 0.1) is 17.7 Å². The lowest BCUT2D eigenvalue weighted by molar-refractivity contribution is 0.143. The molecule has 21 heavy (non-hydrogen) atoms. The maximum atomic E-state index is 10.6. The fraction of sp³-hybridized carbons (Fsp3) is 0.333. The first kappa shape index (κ1) is 14.6. The first-order valence-corrected chi connectivity index (χ1v) is 8.06. The van der Waals surface area contributed by atoms with Crippen LogP contribution in [0.2, 0.25) is 0 Å². The van der Waals surface area contributed by atoms with Gasteiger partial charge in [0.15, 0.2) is 0 Å². The molecule has 0 bridgehead atoms. The highest BCUT2D eigenvalue weighted by atomic mass is 79.9. The molecule has 0 amide bonds. The summed E-state index contributed by atoms with van der Waals surface area (Å²) < 4.78 is 6.17. The molecular formula is C18H19BrO2. The standard InChI is InChI=1S/C18H19BrO2/c1-21-18-9-6-12(10-16(18)19)11-17(20)15-8-7-13-4-2-3-5-14(13)15/h2-6,9-10,15,17,20H,7-8,11H2,1H3. The minimum Gasteiger partial charge on any atom is -0.496 e. The number of aliphatic hydroxyl groups is 1. The van der Waals surface area contributed by atoms with Crippen LogP contribution in [-0.2, 0) is 12.8 Å². The molecule has 1 aliphatic rings. The molecular weight excluding hydrogens is 328 g/mol. The smallest absolute Gasteiger partial charge is 0.133 e. The zero-order valence-electron chi connectivity index (χ0n) is 12.1. The molecule has 0 heterocycles. The lowest BCUT2D eigenvalue weighted by atomic mass is 9.91. The van der Waals surface area contributed by atoms with Crippen molar-refractivity contribution >= 4 is 15.9 Å². The molecule has 3 heteroatoms. The summed E-state index contributed by atoms with van der Waals surface area (Å²) in [5, 5.41) is 10.6. The Morgan fingerprint density at radius 2 is 2.10 bits per heavy atom. The maximum absolute atomic E-state index is 10.6. The summed E-state index contributed by atoms with van der Waals surface area (Å²) in [5.41, 5.74) is 3.83. The summed E-state index contributed by atoms with van der Waals surface area (Å²) in [6, 6.07) is 14.5. The number of hydrogen-bond donors (Lipinski definition) is 1. The summed E-state index contributed by atoms with van der Waals surface area (Å²) in [6.45, 7) is 0. The molecule has 1 aliphatic carbocycles. The summed E-state index contributed by atoms with van der Waals surface area (Å²) >= 11 is 3.50. The van der Waals surface area contributed by atoms with E-state index in [1.807, 2.05) is 18.2 Å². The van der Waals surface area contributed by atoms with Crippen LogP contribution >= 0.6 is 15.9 Å². The number of hydrogen-bond acceptors (Lipinski definition) is 2. The van der Waals surface area contributed by atoms with Crippen LogP contribution in [0.4, 0.5) is 0 Å². The first-order valence-electron chi connectivity index (χ1n) is 7.27. The van der Waals surface area contributed by atoms with Crippen LogP contribution in [0.15, 0.2) is 46.9 Å². The van der Waals surface area contributed by atoms with Gasteiger partial charge in [0.2, 0.25) is 0 Å². The lowest BCUT2D eigenvalue weighted by Gasteiger charge is -2.19. The van der Waals surface area contributed by atoms with E-state index < -0.39 is 0 Å². The second kappa shape index (κ2) is 6.20. The van der Waals surface area contributed by atoms with E-state index in [1.54, 1.807) is 7.11 Å². The number of aliphatic hydroxyl groups excluding tert-OH is 1. The molecule has 110 valence electrons. The van der Waals surface area contributed by atoms with Gasteiger partial charge in [-0.1, -0.05) is 30.3 Å². The molecule has 0 radical (unpaired) electrons. The van der Waals surface area contributed by atoms with Gasteiger partial charge in [0.25, 0.3) is 0 Å². The average molecular weight is 347 g/mol. The molecule has 2 aromatic rings. The average Bonchev–Trinajstić information content (AvgIpc) is 2.91. The van der Waals surface area contributed by atoms with E-state index in [0.717, 1.165) is 28.6 Å². The highest BCUT2D eigenvalue weighted by Gasteiger charge is 2.28. The normalized spacial score (nSPS) is 18.3. The van der Waals surface area contributed by atoms with Crippen molar-refractivity contribution in [3.8, 4) is 5.75 Å². The van der Waals surface area contributed by atoms with E-state index in [4.69, 9.17) is 4.74 Å². The Bertz CT molecular complexity index is 639. The molecule has 0 aromatic heterocycles. The molecule has 2 nitrogen and oxygen atoms in total. The monoisotopic (exact) mass is 346 g/mol. The van der Waals surface area contributed by atoms with E-state index in [9.17, 15) is 5.11 Å². The van der Waals surface area contributed by atoms with Gasteiger partial charge in [-0.25, -0.2) is 0 Å². The summed E-state index contributed by atoms with van der Waals surface area (Å²) in [4.78, 5) is 0. The maximum Gasteiger partial charge on any atom is 0.133 e. The Kier molecular flexibility index (Phi) is 4.32. The molecule has 0 aliphatic heterocycles. The van der Waals surface area contributed by atoms with E-state index in [0.29, 0.717) is 6.42 Å². The molecule has 3 rings (SSSR count).